The molecule has 2 N–H and O–H groups in total. The van der Waals surface area contributed by atoms with E-state index in [1.165, 1.54) is 24.8 Å². The van der Waals surface area contributed by atoms with Crippen molar-refractivity contribution >= 4 is 0 Å². The van der Waals surface area contributed by atoms with Crippen LogP contribution in [-0.2, 0) is 11.3 Å². The van der Waals surface area contributed by atoms with Crippen molar-refractivity contribution in [3.05, 3.63) is 29.8 Å². The van der Waals surface area contributed by atoms with Crippen LogP contribution in [0.4, 0.5) is 0 Å². The molecular formula is C19H29NO3. The van der Waals surface area contributed by atoms with Crippen molar-refractivity contribution < 1.29 is 14.6 Å². The fourth-order valence-electron chi connectivity index (χ4n) is 3.61. The molecule has 2 fully saturated rings. The highest BCUT2D eigenvalue weighted by Gasteiger charge is 2.23. The Morgan fingerprint density at radius 1 is 1.09 bits per heavy atom. The Morgan fingerprint density at radius 2 is 1.91 bits per heavy atom. The summed E-state index contributed by atoms with van der Waals surface area (Å²) in [6.07, 6.45) is 7.35. The van der Waals surface area contributed by atoms with Gasteiger partial charge in [0.2, 0.25) is 0 Å². The molecule has 1 aliphatic heterocycles. The van der Waals surface area contributed by atoms with Crippen molar-refractivity contribution in [2.75, 3.05) is 19.8 Å². The van der Waals surface area contributed by atoms with Crippen molar-refractivity contribution in [2.24, 2.45) is 5.92 Å². The van der Waals surface area contributed by atoms with Gasteiger partial charge in [-0.05, 0) is 49.3 Å². The molecule has 4 heteroatoms. The van der Waals surface area contributed by atoms with E-state index in [1.807, 2.05) is 12.1 Å². The molecule has 3 unspecified atom stereocenters. The maximum Gasteiger partial charge on any atom is 0.119 e. The van der Waals surface area contributed by atoms with E-state index in [-0.39, 0.29) is 6.10 Å². The van der Waals surface area contributed by atoms with Crippen molar-refractivity contribution in [1.29, 1.82) is 0 Å². The van der Waals surface area contributed by atoms with E-state index < -0.39 is 0 Å². The predicted molar refractivity (Wildman–Crippen MR) is 90.6 cm³/mol. The maximum atomic E-state index is 9.48. The highest BCUT2D eigenvalue weighted by molar-refractivity contribution is 5.27. The summed E-state index contributed by atoms with van der Waals surface area (Å²) in [7, 11) is 0. The molecule has 0 spiro atoms. The summed E-state index contributed by atoms with van der Waals surface area (Å²) in [4.78, 5) is 0. The van der Waals surface area contributed by atoms with Gasteiger partial charge < -0.3 is 19.9 Å². The van der Waals surface area contributed by atoms with Crippen LogP contribution in [0.5, 0.6) is 5.75 Å². The zero-order valence-electron chi connectivity index (χ0n) is 13.9. The summed E-state index contributed by atoms with van der Waals surface area (Å²) in [6, 6.07) is 8.76. The molecule has 0 radical (unpaired) electrons. The molecule has 2 aliphatic rings. The smallest absolute Gasteiger partial charge is 0.119 e. The second kappa shape index (κ2) is 8.67. The third-order valence-corrected chi connectivity index (χ3v) is 5.10. The van der Waals surface area contributed by atoms with Crippen LogP contribution in [0, 0.1) is 5.92 Å². The van der Waals surface area contributed by atoms with Gasteiger partial charge in [0.15, 0.2) is 0 Å². The minimum Gasteiger partial charge on any atom is -0.491 e. The van der Waals surface area contributed by atoms with Crippen LogP contribution < -0.4 is 10.1 Å². The van der Waals surface area contributed by atoms with Crippen LogP contribution in [0.1, 0.15) is 44.1 Å². The Kier molecular flexibility index (Phi) is 6.31. The van der Waals surface area contributed by atoms with Crippen LogP contribution in [0.15, 0.2) is 24.3 Å². The largest absolute Gasteiger partial charge is 0.491 e. The zero-order chi connectivity index (χ0) is 15.9. The number of rotatable bonds is 7. The van der Waals surface area contributed by atoms with E-state index >= 15 is 0 Å². The summed E-state index contributed by atoms with van der Waals surface area (Å²) in [5.41, 5.74) is 1.26. The number of hydrogen-bond acceptors (Lipinski definition) is 4. The lowest BCUT2D eigenvalue weighted by Gasteiger charge is -2.31. The third-order valence-electron chi connectivity index (χ3n) is 5.10. The second-order valence-electron chi connectivity index (χ2n) is 6.80. The molecule has 3 atom stereocenters. The lowest BCUT2D eigenvalue weighted by molar-refractivity contribution is 0.0679. The molecule has 3 rings (SSSR count). The van der Waals surface area contributed by atoms with Gasteiger partial charge in [0.25, 0.3) is 0 Å². The molecular weight excluding hydrogens is 290 g/mol. The highest BCUT2D eigenvalue weighted by Crippen LogP contribution is 2.24. The molecule has 0 aromatic heterocycles. The predicted octanol–water partition coefficient (Wildman–Crippen LogP) is 2.89. The second-order valence-corrected chi connectivity index (χ2v) is 6.80. The number of nitrogens with one attached hydrogen (secondary N) is 1. The van der Waals surface area contributed by atoms with E-state index in [2.05, 4.69) is 17.4 Å². The van der Waals surface area contributed by atoms with E-state index in [0.717, 1.165) is 38.2 Å². The Labute approximate surface area is 139 Å². The molecule has 0 amide bonds. The average Bonchev–Trinajstić information content (AvgIpc) is 3.13. The normalized spacial score (nSPS) is 28.0. The summed E-state index contributed by atoms with van der Waals surface area (Å²) >= 11 is 0. The number of aliphatic hydroxyl groups is 1. The quantitative estimate of drug-likeness (QED) is 0.811. The molecule has 1 heterocycles. The molecule has 23 heavy (non-hydrogen) atoms. The molecule has 1 saturated heterocycles. The first kappa shape index (κ1) is 16.7. The van der Waals surface area contributed by atoms with Crippen LogP contribution in [0.2, 0.25) is 0 Å². The molecule has 128 valence electrons. The minimum absolute atomic E-state index is 0.262. The van der Waals surface area contributed by atoms with Crippen LogP contribution >= 0.6 is 0 Å². The number of benzene rings is 1. The third kappa shape index (κ3) is 4.93. The first-order valence-corrected chi connectivity index (χ1v) is 9.03. The van der Waals surface area contributed by atoms with Gasteiger partial charge in [0, 0.05) is 25.8 Å². The molecule has 1 aromatic rings. The Bertz CT molecular complexity index is 456. The lowest BCUT2D eigenvalue weighted by Crippen LogP contribution is -2.39. The number of hydrogen-bond donors (Lipinski definition) is 2. The molecule has 1 aliphatic carbocycles. The molecule has 1 aromatic carbocycles. The van der Waals surface area contributed by atoms with Crippen LogP contribution in [-0.4, -0.2) is 37.1 Å². The molecule has 4 nitrogen and oxygen atoms in total. The van der Waals surface area contributed by atoms with Crippen molar-refractivity contribution in [3.63, 3.8) is 0 Å². The molecule has 0 bridgehead atoms. The highest BCUT2D eigenvalue weighted by atomic mass is 16.5. The Hall–Kier alpha value is -1.10. The summed E-state index contributed by atoms with van der Waals surface area (Å²) in [5, 5.41) is 13.1. The first-order chi connectivity index (χ1) is 11.3. The molecule has 1 saturated carbocycles. The van der Waals surface area contributed by atoms with E-state index in [4.69, 9.17) is 9.47 Å². The van der Waals surface area contributed by atoms with E-state index in [1.54, 1.807) is 0 Å². The Balaban J connectivity index is 1.43. The van der Waals surface area contributed by atoms with Gasteiger partial charge in [-0.2, -0.15) is 0 Å². The number of aliphatic hydroxyl groups excluding tert-OH is 1. The minimum atomic E-state index is 0.262. The van der Waals surface area contributed by atoms with Crippen LogP contribution in [0.25, 0.3) is 0 Å². The maximum absolute atomic E-state index is 9.48. The monoisotopic (exact) mass is 319 g/mol. The summed E-state index contributed by atoms with van der Waals surface area (Å²) in [6.45, 7) is 2.67. The van der Waals surface area contributed by atoms with Gasteiger partial charge >= 0.3 is 0 Å². The summed E-state index contributed by atoms with van der Waals surface area (Å²) in [5.74, 6) is 1.33. The standard InChI is InChI=1S/C19H29NO3/c21-13-16-4-1-2-6-19(16)20-12-15-7-9-17(10-8-15)23-14-18-5-3-11-22-18/h7-10,16,18-21H,1-6,11-14H2. The first-order valence-electron chi connectivity index (χ1n) is 9.03. The van der Waals surface area contributed by atoms with Gasteiger partial charge in [-0.25, -0.2) is 0 Å². The van der Waals surface area contributed by atoms with Crippen molar-refractivity contribution in [2.45, 2.75) is 57.2 Å². The van der Waals surface area contributed by atoms with E-state index in [0.29, 0.717) is 25.2 Å². The van der Waals surface area contributed by atoms with Gasteiger partial charge in [-0.15, -0.1) is 0 Å². The topological polar surface area (TPSA) is 50.7 Å². The zero-order valence-corrected chi connectivity index (χ0v) is 13.9. The lowest BCUT2D eigenvalue weighted by atomic mass is 9.85. The van der Waals surface area contributed by atoms with Gasteiger partial charge in [0.05, 0.1) is 6.10 Å². The van der Waals surface area contributed by atoms with Crippen molar-refractivity contribution in [1.82, 2.24) is 5.32 Å². The fourth-order valence-corrected chi connectivity index (χ4v) is 3.61. The van der Waals surface area contributed by atoms with Crippen LogP contribution in [0.3, 0.4) is 0 Å². The van der Waals surface area contributed by atoms with Gasteiger partial charge in [0.1, 0.15) is 12.4 Å². The Morgan fingerprint density at radius 3 is 2.65 bits per heavy atom. The van der Waals surface area contributed by atoms with Crippen molar-refractivity contribution in [3.8, 4) is 5.75 Å². The van der Waals surface area contributed by atoms with Gasteiger partial charge in [-0.1, -0.05) is 25.0 Å². The number of ether oxygens (including phenoxy) is 2. The average molecular weight is 319 g/mol. The summed E-state index contributed by atoms with van der Waals surface area (Å²) < 4.78 is 11.4. The fraction of sp³-hybridized carbons (Fsp3) is 0.684. The SMILES string of the molecule is OCC1CCCCC1NCc1ccc(OCC2CCCO2)cc1. The van der Waals surface area contributed by atoms with Gasteiger partial charge in [-0.3, -0.25) is 0 Å². The van der Waals surface area contributed by atoms with E-state index in [9.17, 15) is 5.11 Å².